The van der Waals surface area contributed by atoms with E-state index in [0.717, 1.165) is 11.9 Å². The van der Waals surface area contributed by atoms with Gasteiger partial charge < -0.3 is 4.57 Å². The highest BCUT2D eigenvalue weighted by Crippen LogP contribution is 2.28. The highest BCUT2D eigenvalue weighted by atomic mass is 32.2. The fourth-order valence-electron chi connectivity index (χ4n) is 2.42. The van der Waals surface area contributed by atoms with Crippen molar-refractivity contribution >= 4 is 20.7 Å². The lowest BCUT2D eigenvalue weighted by Gasteiger charge is -2.11. The topological polar surface area (TPSA) is 39.1 Å². The molecular weight excluding hydrogens is 222 g/mol. The Morgan fingerprint density at radius 3 is 2.75 bits per heavy atom. The van der Waals surface area contributed by atoms with E-state index in [1.165, 1.54) is 5.39 Å². The van der Waals surface area contributed by atoms with E-state index in [1.54, 1.807) is 0 Å². The normalized spacial score (nSPS) is 23.9. The second-order valence-electron chi connectivity index (χ2n) is 4.34. The van der Waals surface area contributed by atoms with Gasteiger partial charge in [-0.25, -0.2) is 8.42 Å². The van der Waals surface area contributed by atoms with E-state index in [1.807, 2.05) is 30.5 Å². The molecule has 0 amide bonds. The van der Waals surface area contributed by atoms with Gasteiger partial charge in [-0.05, 0) is 23.9 Å². The van der Waals surface area contributed by atoms with Gasteiger partial charge in [-0.1, -0.05) is 18.2 Å². The van der Waals surface area contributed by atoms with Crippen LogP contribution in [0.4, 0.5) is 0 Å². The first-order valence-electron chi connectivity index (χ1n) is 5.42. The van der Waals surface area contributed by atoms with E-state index in [0.29, 0.717) is 5.75 Å². The molecule has 16 heavy (non-hydrogen) atoms. The standard InChI is InChI=1S/C12H13NO2S/c14-16(15)8-6-11(9-16)13-7-5-10-3-1-2-4-12(10)13/h1-5,7,11H,6,8-9H2. The van der Waals surface area contributed by atoms with E-state index in [-0.39, 0.29) is 11.8 Å². The molecule has 1 saturated heterocycles. The minimum Gasteiger partial charge on any atom is -0.343 e. The first-order valence-corrected chi connectivity index (χ1v) is 7.24. The summed E-state index contributed by atoms with van der Waals surface area (Å²) in [7, 11) is -2.81. The number of hydrogen-bond donors (Lipinski definition) is 0. The van der Waals surface area contributed by atoms with Crippen LogP contribution in [0, 0.1) is 0 Å². The zero-order valence-electron chi connectivity index (χ0n) is 8.83. The SMILES string of the molecule is O=S1(=O)CCC(n2ccc3ccccc32)C1. The molecule has 1 aliphatic heterocycles. The average molecular weight is 235 g/mol. The van der Waals surface area contributed by atoms with Gasteiger partial charge in [-0.2, -0.15) is 0 Å². The summed E-state index contributed by atoms with van der Waals surface area (Å²) in [6.07, 6.45) is 2.73. The molecule has 3 rings (SSSR count). The number of benzene rings is 1. The smallest absolute Gasteiger partial charge is 0.152 e. The Balaban J connectivity index is 2.07. The van der Waals surface area contributed by atoms with Crippen LogP contribution in [0.5, 0.6) is 0 Å². The molecule has 1 atom stereocenters. The van der Waals surface area contributed by atoms with Crippen LogP contribution < -0.4 is 0 Å². The van der Waals surface area contributed by atoms with Crippen LogP contribution in [0.2, 0.25) is 0 Å². The van der Waals surface area contributed by atoms with Gasteiger partial charge in [0.1, 0.15) is 0 Å². The molecule has 1 fully saturated rings. The molecule has 2 heterocycles. The molecule has 1 aliphatic rings. The van der Waals surface area contributed by atoms with Crippen molar-refractivity contribution < 1.29 is 8.42 Å². The predicted octanol–water partition coefficient (Wildman–Crippen LogP) is 2.00. The number of hydrogen-bond acceptors (Lipinski definition) is 2. The minimum absolute atomic E-state index is 0.116. The van der Waals surface area contributed by atoms with Crippen LogP contribution in [0.15, 0.2) is 36.5 Å². The highest BCUT2D eigenvalue weighted by molar-refractivity contribution is 7.91. The van der Waals surface area contributed by atoms with Crippen LogP contribution in [0.3, 0.4) is 0 Å². The number of fused-ring (bicyclic) bond motifs is 1. The fraction of sp³-hybridized carbons (Fsp3) is 0.333. The van der Waals surface area contributed by atoms with E-state index < -0.39 is 9.84 Å². The number of aromatic nitrogens is 1. The highest BCUT2D eigenvalue weighted by Gasteiger charge is 2.29. The van der Waals surface area contributed by atoms with Gasteiger partial charge in [0.05, 0.1) is 11.5 Å². The summed E-state index contributed by atoms with van der Waals surface area (Å²) in [5, 5.41) is 1.17. The van der Waals surface area contributed by atoms with Gasteiger partial charge in [0, 0.05) is 17.8 Å². The zero-order chi connectivity index (χ0) is 11.2. The second kappa shape index (κ2) is 3.35. The van der Waals surface area contributed by atoms with Gasteiger partial charge in [0.15, 0.2) is 9.84 Å². The maximum Gasteiger partial charge on any atom is 0.152 e. The summed E-state index contributed by atoms with van der Waals surface area (Å²) >= 11 is 0. The maximum atomic E-state index is 11.5. The van der Waals surface area contributed by atoms with Crippen LogP contribution in [0.25, 0.3) is 10.9 Å². The van der Waals surface area contributed by atoms with E-state index in [2.05, 4.69) is 10.6 Å². The molecule has 2 aromatic rings. The van der Waals surface area contributed by atoms with Crippen molar-refractivity contribution in [3.05, 3.63) is 36.5 Å². The number of sulfone groups is 1. The maximum absolute atomic E-state index is 11.5. The van der Waals surface area contributed by atoms with Gasteiger partial charge in [0.2, 0.25) is 0 Å². The molecule has 1 aromatic heterocycles. The van der Waals surface area contributed by atoms with Crippen molar-refractivity contribution in [2.45, 2.75) is 12.5 Å². The lowest BCUT2D eigenvalue weighted by Crippen LogP contribution is -2.09. The summed E-state index contributed by atoms with van der Waals surface area (Å²) in [4.78, 5) is 0. The third kappa shape index (κ3) is 1.53. The molecule has 4 heteroatoms. The first-order chi connectivity index (χ1) is 7.66. The summed E-state index contributed by atoms with van der Waals surface area (Å²) in [6, 6.07) is 10.2. The average Bonchev–Trinajstić information content (AvgIpc) is 2.81. The Kier molecular flexibility index (Phi) is 2.07. The van der Waals surface area contributed by atoms with Crippen molar-refractivity contribution in [1.29, 1.82) is 0 Å². The van der Waals surface area contributed by atoms with Crippen LogP contribution in [-0.2, 0) is 9.84 Å². The molecule has 0 spiro atoms. The van der Waals surface area contributed by atoms with Crippen molar-refractivity contribution in [2.24, 2.45) is 0 Å². The predicted molar refractivity (Wildman–Crippen MR) is 64.2 cm³/mol. The molecule has 0 bridgehead atoms. The Labute approximate surface area is 94.6 Å². The first kappa shape index (κ1) is 9.90. The minimum atomic E-state index is -2.81. The van der Waals surface area contributed by atoms with Crippen LogP contribution >= 0.6 is 0 Å². The van der Waals surface area contributed by atoms with Crippen molar-refractivity contribution in [3.8, 4) is 0 Å². The molecule has 84 valence electrons. The lowest BCUT2D eigenvalue weighted by atomic mass is 10.2. The monoisotopic (exact) mass is 235 g/mol. The lowest BCUT2D eigenvalue weighted by molar-refractivity contribution is 0.572. The second-order valence-corrected chi connectivity index (χ2v) is 6.57. The Morgan fingerprint density at radius 2 is 2.00 bits per heavy atom. The molecular formula is C12H13NO2S. The van der Waals surface area contributed by atoms with Crippen molar-refractivity contribution in [2.75, 3.05) is 11.5 Å². The van der Waals surface area contributed by atoms with Gasteiger partial charge in [0.25, 0.3) is 0 Å². The van der Waals surface area contributed by atoms with Crippen molar-refractivity contribution in [3.63, 3.8) is 0 Å². The summed E-state index contributed by atoms with van der Waals surface area (Å²) < 4.78 is 25.0. The van der Waals surface area contributed by atoms with Crippen LogP contribution in [0.1, 0.15) is 12.5 Å². The molecule has 1 unspecified atom stereocenters. The third-order valence-corrected chi connectivity index (χ3v) is 4.98. The quantitative estimate of drug-likeness (QED) is 0.758. The third-order valence-electron chi connectivity index (χ3n) is 3.23. The van der Waals surface area contributed by atoms with Crippen LogP contribution in [-0.4, -0.2) is 24.5 Å². The molecule has 0 saturated carbocycles. The number of nitrogens with zero attached hydrogens (tertiary/aromatic N) is 1. The molecule has 1 aromatic carbocycles. The summed E-state index contributed by atoms with van der Waals surface area (Å²) in [6.45, 7) is 0. The summed E-state index contributed by atoms with van der Waals surface area (Å²) in [5.74, 6) is 0.607. The van der Waals surface area contributed by atoms with E-state index in [4.69, 9.17) is 0 Å². The molecule has 0 N–H and O–H groups in total. The van der Waals surface area contributed by atoms with Crippen molar-refractivity contribution in [1.82, 2.24) is 4.57 Å². The summed E-state index contributed by atoms with van der Waals surface area (Å²) in [5.41, 5.74) is 1.13. The van der Waals surface area contributed by atoms with E-state index in [9.17, 15) is 8.42 Å². The Hall–Kier alpha value is -1.29. The van der Waals surface area contributed by atoms with Gasteiger partial charge in [-0.3, -0.25) is 0 Å². The number of para-hydroxylation sites is 1. The van der Waals surface area contributed by atoms with Gasteiger partial charge in [-0.15, -0.1) is 0 Å². The van der Waals surface area contributed by atoms with Gasteiger partial charge >= 0.3 is 0 Å². The molecule has 0 radical (unpaired) electrons. The Bertz CT molecular complexity index is 627. The fourth-order valence-corrected chi connectivity index (χ4v) is 4.13. The number of rotatable bonds is 1. The molecule has 0 aliphatic carbocycles. The van der Waals surface area contributed by atoms with E-state index >= 15 is 0 Å². The zero-order valence-corrected chi connectivity index (χ0v) is 9.65. The Morgan fingerprint density at radius 1 is 1.19 bits per heavy atom. The molecule has 3 nitrogen and oxygen atoms in total. The largest absolute Gasteiger partial charge is 0.343 e.